The molecular formula is C15H22N2O3S. The number of likely N-dealkylation sites (tertiary alicyclic amines) is 1. The molecule has 1 fully saturated rings. The van der Waals surface area contributed by atoms with E-state index in [2.05, 4.69) is 11.6 Å². The number of nitrogens with one attached hydrogen (secondary N) is 1. The molecule has 116 valence electrons. The number of hydrogen-bond acceptors (Lipinski definition) is 3. The van der Waals surface area contributed by atoms with Gasteiger partial charge in [0.05, 0.1) is 4.90 Å². The summed E-state index contributed by atoms with van der Waals surface area (Å²) in [7, 11) is -2.09. The van der Waals surface area contributed by atoms with Gasteiger partial charge in [0.15, 0.2) is 0 Å². The van der Waals surface area contributed by atoms with Gasteiger partial charge in [0.25, 0.3) is 5.91 Å². The molecule has 1 saturated heterocycles. The molecule has 5 nitrogen and oxygen atoms in total. The molecule has 1 aromatic rings. The van der Waals surface area contributed by atoms with Gasteiger partial charge in [-0.2, -0.15) is 0 Å². The first-order valence-electron chi connectivity index (χ1n) is 7.34. The van der Waals surface area contributed by atoms with Gasteiger partial charge in [-0.05, 0) is 57.0 Å². The molecule has 1 atom stereocenters. The van der Waals surface area contributed by atoms with E-state index >= 15 is 0 Å². The fourth-order valence-corrected chi connectivity index (χ4v) is 3.48. The van der Waals surface area contributed by atoms with Crippen molar-refractivity contribution < 1.29 is 13.2 Å². The summed E-state index contributed by atoms with van der Waals surface area (Å²) in [6.07, 6.45) is 4.21. The van der Waals surface area contributed by atoms with Crippen molar-refractivity contribution >= 4 is 15.9 Å². The van der Waals surface area contributed by atoms with Gasteiger partial charge in [-0.3, -0.25) is 4.79 Å². The van der Waals surface area contributed by atoms with E-state index in [0.29, 0.717) is 11.6 Å². The van der Waals surface area contributed by atoms with Crippen LogP contribution >= 0.6 is 0 Å². The molecule has 1 aromatic carbocycles. The van der Waals surface area contributed by atoms with Gasteiger partial charge in [-0.25, -0.2) is 13.1 Å². The van der Waals surface area contributed by atoms with E-state index in [1.165, 1.54) is 25.6 Å². The zero-order valence-corrected chi connectivity index (χ0v) is 13.3. The van der Waals surface area contributed by atoms with E-state index in [1.54, 1.807) is 12.1 Å². The first-order chi connectivity index (χ1) is 9.99. The maximum Gasteiger partial charge on any atom is 0.254 e. The monoisotopic (exact) mass is 310 g/mol. The van der Waals surface area contributed by atoms with Crippen molar-refractivity contribution in [2.24, 2.45) is 0 Å². The van der Waals surface area contributed by atoms with E-state index in [1.807, 2.05) is 4.90 Å². The highest BCUT2D eigenvalue weighted by Gasteiger charge is 2.26. The summed E-state index contributed by atoms with van der Waals surface area (Å²) in [5.74, 6) is -0.00467. The quantitative estimate of drug-likeness (QED) is 0.925. The van der Waals surface area contributed by atoms with Gasteiger partial charge >= 0.3 is 0 Å². The molecule has 0 bridgehead atoms. The molecule has 1 aliphatic rings. The van der Waals surface area contributed by atoms with Gasteiger partial charge in [0.2, 0.25) is 10.0 Å². The fourth-order valence-electron chi connectivity index (χ4n) is 2.75. The third kappa shape index (κ3) is 3.44. The Balaban J connectivity index is 2.20. The van der Waals surface area contributed by atoms with E-state index < -0.39 is 10.0 Å². The van der Waals surface area contributed by atoms with Crippen molar-refractivity contribution in [1.29, 1.82) is 0 Å². The van der Waals surface area contributed by atoms with Crippen molar-refractivity contribution in [2.45, 2.75) is 43.5 Å². The zero-order valence-electron chi connectivity index (χ0n) is 12.5. The standard InChI is InChI=1S/C15H22N2O3S/c1-3-13-6-4-5-11-17(13)15(18)12-7-9-14(10-8-12)21(19,20)16-2/h7-10,13,16H,3-6,11H2,1-2H3. The number of carbonyl (C=O) groups is 1. The second-order valence-electron chi connectivity index (χ2n) is 5.29. The second-order valence-corrected chi connectivity index (χ2v) is 7.17. The summed E-state index contributed by atoms with van der Waals surface area (Å²) in [6, 6.07) is 6.43. The van der Waals surface area contributed by atoms with Crippen LogP contribution in [0.2, 0.25) is 0 Å². The smallest absolute Gasteiger partial charge is 0.254 e. The Kier molecular flexibility index (Phi) is 5.00. The summed E-state index contributed by atoms with van der Waals surface area (Å²) in [4.78, 5) is 14.7. The number of piperidine rings is 1. The minimum atomic E-state index is -3.46. The largest absolute Gasteiger partial charge is 0.336 e. The molecule has 1 heterocycles. The van der Waals surface area contributed by atoms with Crippen LogP contribution in [-0.4, -0.2) is 38.9 Å². The van der Waals surface area contributed by atoms with E-state index in [-0.39, 0.29) is 10.8 Å². The number of amides is 1. The van der Waals surface area contributed by atoms with Gasteiger partial charge < -0.3 is 4.90 Å². The molecule has 2 rings (SSSR count). The van der Waals surface area contributed by atoms with E-state index in [0.717, 1.165) is 25.8 Å². The molecule has 0 saturated carbocycles. The lowest BCUT2D eigenvalue weighted by Gasteiger charge is -2.35. The van der Waals surface area contributed by atoms with E-state index in [4.69, 9.17) is 0 Å². The maximum atomic E-state index is 12.6. The Morgan fingerprint density at radius 1 is 1.29 bits per heavy atom. The Hall–Kier alpha value is -1.40. The van der Waals surface area contributed by atoms with Gasteiger partial charge in [-0.1, -0.05) is 6.92 Å². The molecule has 6 heteroatoms. The molecule has 1 aliphatic heterocycles. The van der Waals surface area contributed by atoms with Crippen LogP contribution in [0.25, 0.3) is 0 Å². The number of carbonyl (C=O) groups excluding carboxylic acids is 1. The van der Waals surface area contributed by atoms with Crippen LogP contribution in [-0.2, 0) is 10.0 Å². The lowest BCUT2D eigenvalue weighted by atomic mass is 9.99. The predicted molar refractivity (Wildman–Crippen MR) is 81.7 cm³/mol. The van der Waals surface area contributed by atoms with E-state index in [9.17, 15) is 13.2 Å². The molecule has 1 N–H and O–H groups in total. The molecule has 0 aliphatic carbocycles. The SMILES string of the molecule is CCC1CCCCN1C(=O)c1ccc(S(=O)(=O)NC)cc1. The average molecular weight is 310 g/mol. The van der Waals surface area contributed by atoms with Gasteiger partial charge in [-0.15, -0.1) is 0 Å². The van der Waals surface area contributed by atoms with Crippen molar-refractivity contribution in [1.82, 2.24) is 9.62 Å². The highest BCUT2D eigenvalue weighted by Crippen LogP contribution is 2.22. The van der Waals surface area contributed by atoms with Crippen LogP contribution in [0, 0.1) is 0 Å². The molecule has 1 unspecified atom stereocenters. The van der Waals surface area contributed by atoms with Crippen LogP contribution in [0.3, 0.4) is 0 Å². The Labute approximate surface area is 126 Å². The minimum absolute atomic E-state index is 0.00467. The first kappa shape index (κ1) is 16.0. The summed E-state index contributed by atoms with van der Waals surface area (Å²) < 4.78 is 25.6. The van der Waals surface area contributed by atoms with Crippen molar-refractivity contribution in [2.75, 3.05) is 13.6 Å². The predicted octanol–water partition coefficient (Wildman–Crippen LogP) is 2.00. The normalized spacial score (nSPS) is 19.5. The average Bonchev–Trinajstić information content (AvgIpc) is 2.54. The van der Waals surface area contributed by atoms with Crippen LogP contribution in [0.5, 0.6) is 0 Å². The Morgan fingerprint density at radius 2 is 1.95 bits per heavy atom. The molecule has 0 radical (unpaired) electrons. The number of rotatable bonds is 4. The fraction of sp³-hybridized carbons (Fsp3) is 0.533. The molecular weight excluding hydrogens is 288 g/mol. The summed E-state index contributed by atoms with van der Waals surface area (Å²) >= 11 is 0. The number of benzene rings is 1. The zero-order chi connectivity index (χ0) is 15.5. The van der Waals surface area contributed by atoms with Crippen LogP contribution in [0.4, 0.5) is 0 Å². The molecule has 0 spiro atoms. The van der Waals surface area contributed by atoms with Crippen molar-refractivity contribution in [3.05, 3.63) is 29.8 Å². The van der Waals surface area contributed by atoms with Crippen molar-refractivity contribution in [3.63, 3.8) is 0 Å². The minimum Gasteiger partial charge on any atom is -0.336 e. The lowest BCUT2D eigenvalue weighted by Crippen LogP contribution is -2.43. The number of sulfonamides is 1. The van der Waals surface area contributed by atoms with Crippen LogP contribution < -0.4 is 4.72 Å². The van der Waals surface area contributed by atoms with Gasteiger partial charge in [0, 0.05) is 18.2 Å². The first-order valence-corrected chi connectivity index (χ1v) is 8.82. The Bertz CT molecular complexity index is 596. The topological polar surface area (TPSA) is 66.5 Å². The summed E-state index contributed by atoms with van der Waals surface area (Å²) in [5.41, 5.74) is 0.547. The highest BCUT2D eigenvalue weighted by atomic mass is 32.2. The highest BCUT2D eigenvalue weighted by molar-refractivity contribution is 7.89. The van der Waals surface area contributed by atoms with Gasteiger partial charge in [0.1, 0.15) is 0 Å². The lowest BCUT2D eigenvalue weighted by molar-refractivity contribution is 0.0608. The third-order valence-corrected chi connectivity index (χ3v) is 5.47. The summed E-state index contributed by atoms with van der Waals surface area (Å²) in [6.45, 7) is 2.88. The van der Waals surface area contributed by atoms with Crippen LogP contribution in [0.1, 0.15) is 43.0 Å². The molecule has 1 amide bonds. The molecule has 21 heavy (non-hydrogen) atoms. The number of hydrogen-bond donors (Lipinski definition) is 1. The second kappa shape index (κ2) is 6.58. The third-order valence-electron chi connectivity index (χ3n) is 4.04. The van der Waals surface area contributed by atoms with Crippen LogP contribution in [0.15, 0.2) is 29.2 Å². The number of nitrogens with zero attached hydrogens (tertiary/aromatic N) is 1. The summed E-state index contributed by atoms with van der Waals surface area (Å²) in [5, 5.41) is 0. The molecule has 0 aromatic heterocycles. The Morgan fingerprint density at radius 3 is 2.52 bits per heavy atom. The maximum absolute atomic E-state index is 12.6. The van der Waals surface area contributed by atoms with Crippen molar-refractivity contribution in [3.8, 4) is 0 Å².